The Bertz CT molecular complexity index is 583. The van der Waals surface area contributed by atoms with Crippen LogP contribution in [0.5, 0.6) is 0 Å². The lowest BCUT2D eigenvalue weighted by molar-refractivity contribution is -0.152. The molecular weight excluding hydrogens is 296 g/mol. The fourth-order valence-electron chi connectivity index (χ4n) is 8.87. The highest BCUT2D eigenvalue weighted by Crippen LogP contribution is 2.82. The summed E-state index contributed by atoms with van der Waals surface area (Å²) < 4.78 is 6.17. The summed E-state index contributed by atoms with van der Waals surface area (Å²) in [6.45, 7) is 5.37. The molecule has 5 saturated carbocycles. The van der Waals surface area contributed by atoms with Gasteiger partial charge in [-0.1, -0.05) is 25.5 Å². The summed E-state index contributed by atoms with van der Waals surface area (Å²) in [7, 11) is 1.97. The van der Waals surface area contributed by atoms with E-state index in [0.717, 1.165) is 23.7 Å². The van der Waals surface area contributed by atoms with Crippen molar-refractivity contribution in [3.63, 3.8) is 0 Å². The van der Waals surface area contributed by atoms with Gasteiger partial charge in [-0.3, -0.25) is 0 Å². The number of aliphatic hydroxyl groups excluding tert-OH is 1. The molecule has 1 N–H and O–H groups in total. The third-order valence-electron chi connectivity index (χ3n) is 10.0. The van der Waals surface area contributed by atoms with E-state index in [1.54, 1.807) is 5.57 Å². The molecule has 5 aliphatic carbocycles. The lowest BCUT2D eigenvalue weighted by Crippen LogP contribution is -2.56. The number of aliphatic hydroxyl groups is 1. The number of fused-ring (bicyclic) bond motifs is 4. The summed E-state index contributed by atoms with van der Waals surface area (Å²) in [5.41, 5.74) is 2.99. The molecule has 5 aliphatic rings. The van der Waals surface area contributed by atoms with Crippen molar-refractivity contribution in [1.29, 1.82) is 0 Å². The van der Waals surface area contributed by atoms with Crippen LogP contribution in [0.25, 0.3) is 0 Å². The van der Waals surface area contributed by atoms with Gasteiger partial charge in [-0.2, -0.15) is 0 Å². The highest BCUT2D eigenvalue weighted by atomic mass is 16.5. The van der Waals surface area contributed by atoms with E-state index in [4.69, 9.17) is 4.74 Å². The van der Waals surface area contributed by atoms with E-state index in [9.17, 15) is 5.11 Å². The van der Waals surface area contributed by atoms with E-state index in [2.05, 4.69) is 19.9 Å². The number of allylic oxidation sites excluding steroid dienone is 1. The number of rotatable bonds is 2. The normalized spacial score (nSPS) is 59.7. The highest BCUT2D eigenvalue weighted by Gasteiger charge is 2.77. The largest absolute Gasteiger partial charge is 0.392 e. The van der Waals surface area contributed by atoms with Crippen LogP contribution >= 0.6 is 0 Å². The molecule has 0 aromatic carbocycles. The van der Waals surface area contributed by atoms with Crippen molar-refractivity contribution in [2.45, 2.75) is 71.3 Å². The minimum absolute atomic E-state index is 0.217. The van der Waals surface area contributed by atoms with Gasteiger partial charge < -0.3 is 9.84 Å². The van der Waals surface area contributed by atoms with Crippen LogP contribution < -0.4 is 0 Å². The monoisotopic (exact) mass is 330 g/mol. The summed E-state index contributed by atoms with van der Waals surface area (Å²) in [4.78, 5) is 0. The van der Waals surface area contributed by atoms with E-state index >= 15 is 0 Å². The van der Waals surface area contributed by atoms with Crippen molar-refractivity contribution < 1.29 is 9.84 Å². The molecule has 8 atom stereocenters. The summed E-state index contributed by atoms with van der Waals surface area (Å²) in [6.07, 6.45) is 13.6. The van der Waals surface area contributed by atoms with Gasteiger partial charge in [0.05, 0.1) is 12.7 Å². The molecule has 0 aromatic heterocycles. The van der Waals surface area contributed by atoms with Crippen LogP contribution in [0.4, 0.5) is 0 Å². The smallest absolute Gasteiger partial charge is 0.0638 e. The maximum atomic E-state index is 9.45. The van der Waals surface area contributed by atoms with Crippen LogP contribution in [0, 0.1) is 39.9 Å². The van der Waals surface area contributed by atoms with Gasteiger partial charge in [0, 0.05) is 12.5 Å². The van der Waals surface area contributed by atoms with Crippen LogP contribution in [-0.2, 0) is 4.74 Å². The lowest BCUT2D eigenvalue weighted by atomic mass is 9.46. The highest BCUT2D eigenvalue weighted by molar-refractivity contribution is 5.29. The molecule has 0 aliphatic heterocycles. The number of methoxy groups -OCH3 is 1. The Morgan fingerprint density at radius 3 is 2.71 bits per heavy atom. The van der Waals surface area contributed by atoms with Gasteiger partial charge in [-0.25, -0.2) is 0 Å². The fourth-order valence-corrected chi connectivity index (χ4v) is 8.87. The molecule has 2 nitrogen and oxygen atoms in total. The quantitative estimate of drug-likeness (QED) is 0.751. The summed E-state index contributed by atoms with van der Waals surface area (Å²) in [6, 6.07) is 0. The summed E-state index contributed by atoms with van der Waals surface area (Å²) in [5, 5.41) is 9.45. The van der Waals surface area contributed by atoms with Gasteiger partial charge in [0.2, 0.25) is 0 Å². The Kier molecular flexibility index (Phi) is 3.23. The van der Waals surface area contributed by atoms with E-state index in [1.807, 2.05) is 7.11 Å². The van der Waals surface area contributed by atoms with Crippen molar-refractivity contribution >= 4 is 0 Å². The second-order valence-electron chi connectivity index (χ2n) is 10.1. The molecule has 0 saturated heterocycles. The van der Waals surface area contributed by atoms with E-state index in [1.165, 1.54) is 51.4 Å². The zero-order valence-electron chi connectivity index (χ0n) is 15.7. The van der Waals surface area contributed by atoms with Gasteiger partial charge in [0.15, 0.2) is 0 Å². The summed E-state index contributed by atoms with van der Waals surface area (Å²) in [5.74, 6) is 3.55. The number of hydrogen-bond acceptors (Lipinski definition) is 2. The first kappa shape index (κ1) is 15.9. The zero-order valence-corrected chi connectivity index (χ0v) is 15.7. The lowest BCUT2D eigenvalue weighted by Gasteiger charge is -2.60. The SMILES string of the molecule is CO[C@@H]1C[C@H]2[C@@H]3CC/C(=C\CO)[C@@]3(C)CC[C@@H]2[C@@]2(C)CC[C@@H]3C[C@]312. The molecule has 5 fully saturated rings. The topological polar surface area (TPSA) is 29.5 Å². The molecule has 134 valence electrons. The third kappa shape index (κ3) is 1.62. The number of ether oxygens (including phenoxy) is 1. The summed E-state index contributed by atoms with van der Waals surface area (Å²) >= 11 is 0. The average molecular weight is 331 g/mol. The van der Waals surface area contributed by atoms with E-state index < -0.39 is 0 Å². The predicted molar refractivity (Wildman–Crippen MR) is 95.5 cm³/mol. The van der Waals surface area contributed by atoms with Crippen LogP contribution in [0.3, 0.4) is 0 Å². The molecule has 0 unspecified atom stereocenters. The zero-order chi connectivity index (χ0) is 16.7. The van der Waals surface area contributed by atoms with E-state index in [0.29, 0.717) is 22.3 Å². The van der Waals surface area contributed by atoms with Gasteiger partial charge in [0.1, 0.15) is 0 Å². The molecule has 24 heavy (non-hydrogen) atoms. The van der Waals surface area contributed by atoms with Gasteiger partial charge in [0.25, 0.3) is 0 Å². The molecule has 5 rings (SSSR count). The van der Waals surface area contributed by atoms with Gasteiger partial charge >= 0.3 is 0 Å². The van der Waals surface area contributed by atoms with Crippen LogP contribution in [-0.4, -0.2) is 24.9 Å². The Morgan fingerprint density at radius 1 is 1.17 bits per heavy atom. The predicted octanol–water partition coefficient (Wildman–Crippen LogP) is 4.57. The Balaban J connectivity index is 1.53. The molecule has 0 bridgehead atoms. The maximum absolute atomic E-state index is 9.45. The van der Waals surface area contributed by atoms with Crippen molar-refractivity contribution in [3.8, 4) is 0 Å². The molecule has 0 aromatic rings. The van der Waals surface area contributed by atoms with Gasteiger partial charge in [-0.05, 0) is 85.9 Å². The van der Waals surface area contributed by atoms with E-state index in [-0.39, 0.29) is 6.61 Å². The minimum Gasteiger partial charge on any atom is -0.392 e. The molecule has 0 amide bonds. The Hall–Kier alpha value is -0.340. The van der Waals surface area contributed by atoms with Crippen LogP contribution in [0.2, 0.25) is 0 Å². The van der Waals surface area contributed by atoms with Crippen LogP contribution in [0.15, 0.2) is 11.6 Å². The first-order valence-electron chi connectivity index (χ1n) is 10.3. The molecule has 1 spiro atoms. The van der Waals surface area contributed by atoms with Crippen molar-refractivity contribution in [2.75, 3.05) is 13.7 Å². The molecular formula is C22H34O2. The standard InChI is InChI=1S/C22H34O2/c1-20-9-7-18-16(17(20)5-4-14(20)8-11-23)12-19(24-3)22-13-15(22)6-10-21(18,22)2/h8,15-19,23H,4-7,9-13H2,1-3H3/b14-8+/t15-,16+,17+,18+,19-,20-,21-,22+/m1/s1. The van der Waals surface area contributed by atoms with Gasteiger partial charge in [-0.15, -0.1) is 0 Å². The minimum atomic E-state index is 0.217. The first-order chi connectivity index (χ1) is 11.5. The maximum Gasteiger partial charge on any atom is 0.0638 e. The van der Waals surface area contributed by atoms with Crippen LogP contribution in [0.1, 0.15) is 65.2 Å². The molecule has 0 heterocycles. The fraction of sp³-hybridized carbons (Fsp3) is 0.909. The Labute approximate surface area is 147 Å². The van der Waals surface area contributed by atoms with Crippen molar-refractivity contribution in [1.82, 2.24) is 0 Å². The second-order valence-corrected chi connectivity index (χ2v) is 10.1. The van der Waals surface area contributed by atoms with Crippen molar-refractivity contribution in [3.05, 3.63) is 11.6 Å². The second kappa shape index (κ2) is 4.88. The average Bonchev–Trinajstić information content (AvgIpc) is 3.10. The molecule has 0 radical (unpaired) electrons. The Morgan fingerprint density at radius 2 is 2.00 bits per heavy atom. The molecule has 2 heteroatoms. The number of hydrogen-bond donors (Lipinski definition) is 1. The van der Waals surface area contributed by atoms with Crippen molar-refractivity contribution in [2.24, 2.45) is 39.9 Å². The first-order valence-corrected chi connectivity index (χ1v) is 10.3. The third-order valence-corrected chi connectivity index (χ3v) is 10.0.